The second-order valence-electron chi connectivity index (χ2n) is 6.34. The summed E-state index contributed by atoms with van der Waals surface area (Å²) in [4.78, 5) is 2.32. The quantitative estimate of drug-likeness (QED) is 0.485. The lowest BCUT2D eigenvalue weighted by molar-refractivity contribution is 1.29. The molecule has 0 fully saturated rings. The summed E-state index contributed by atoms with van der Waals surface area (Å²) >= 11 is 0. The lowest BCUT2D eigenvalue weighted by Gasteiger charge is -2.25. The van der Waals surface area contributed by atoms with Gasteiger partial charge in [-0.1, -0.05) is 89.2 Å². The van der Waals surface area contributed by atoms with Crippen LogP contribution in [-0.2, 0) is 0 Å². The molecule has 0 bridgehead atoms. The summed E-state index contributed by atoms with van der Waals surface area (Å²) < 4.78 is 0. The van der Waals surface area contributed by atoms with Crippen LogP contribution in [0.2, 0.25) is 0 Å². The predicted molar refractivity (Wildman–Crippen MR) is 115 cm³/mol. The number of hydrogen-bond donors (Lipinski definition) is 0. The van der Waals surface area contributed by atoms with E-state index in [-0.39, 0.29) is 0 Å². The largest absolute Gasteiger partial charge is 0.311 e. The van der Waals surface area contributed by atoms with Crippen molar-refractivity contribution in [3.8, 4) is 0 Å². The van der Waals surface area contributed by atoms with Gasteiger partial charge in [-0.05, 0) is 36.4 Å². The van der Waals surface area contributed by atoms with Crippen molar-refractivity contribution < 1.29 is 0 Å². The molecule has 0 aliphatic carbocycles. The molecule has 1 nitrogen and oxygen atoms in total. The summed E-state index contributed by atoms with van der Waals surface area (Å²) in [5.41, 5.74) is 3.57. The van der Waals surface area contributed by atoms with E-state index in [9.17, 15) is 0 Å². The van der Waals surface area contributed by atoms with E-state index in [0.717, 1.165) is 0 Å². The molecule has 0 saturated heterocycles. The van der Waals surface area contributed by atoms with Crippen LogP contribution in [0.15, 0.2) is 115 Å². The first-order chi connectivity index (χ1) is 12.9. The summed E-state index contributed by atoms with van der Waals surface area (Å²) in [7, 11) is -0.474. The molecule has 0 aromatic heterocycles. The van der Waals surface area contributed by atoms with Gasteiger partial charge in [-0.15, -0.1) is 0 Å². The monoisotopic (exact) mass is 351 g/mol. The molecular weight excluding hydrogens is 330 g/mol. The van der Waals surface area contributed by atoms with Crippen molar-refractivity contribution in [3.05, 3.63) is 115 Å². The van der Waals surface area contributed by atoms with Gasteiger partial charge < -0.3 is 4.90 Å². The Morgan fingerprint density at radius 1 is 0.423 bits per heavy atom. The molecule has 0 atom stereocenters. The van der Waals surface area contributed by atoms with Gasteiger partial charge in [0.15, 0.2) is 0 Å². The Hall–Kier alpha value is -3.10. The summed E-state index contributed by atoms with van der Waals surface area (Å²) in [5, 5.41) is 2.92. The molecular formula is C24H21NSi. The Balaban J connectivity index is 1.73. The first-order valence-corrected chi connectivity index (χ1v) is 10.3. The maximum Gasteiger partial charge on any atom is 0.0876 e. The predicted octanol–water partition coefficient (Wildman–Crippen LogP) is 4.28. The normalized spacial score (nSPS) is 10.9. The van der Waals surface area contributed by atoms with Crippen LogP contribution >= 0.6 is 0 Å². The van der Waals surface area contributed by atoms with Crippen molar-refractivity contribution in [1.29, 1.82) is 0 Å². The van der Waals surface area contributed by atoms with Gasteiger partial charge >= 0.3 is 0 Å². The molecule has 0 saturated carbocycles. The number of benzene rings is 4. The minimum Gasteiger partial charge on any atom is -0.311 e. The lowest BCUT2D eigenvalue weighted by Crippen LogP contribution is -2.27. The highest BCUT2D eigenvalue weighted by Gasteiger charge is 2.12. The van der Waals surface area contributed by atoms with Crippen molar-refractivity contribution in [2.75, 3.05) is 4.90 Å². The van der Waals surface area contributed by atoms with Crippen LogP contribution in [0.4, 0.5) is 17.1 Å². The average molecular weight is 352 g/mol. The van der Waals surface area contributed by atoms with Crippen molar-refractivity contribution >= 4 is 37.0 Å². The highest BCUT2D eigenvalue weighted by Crippen LogP contribution is 2.33. The summed E-state index contributed by atoms with van der Waals surface area (Å²) in [6.07, 6.45) is 0. The lowest BCUT2D eigenvalue weighted by atomic mass is 10.2. The second kappa shape index (κ2) is 7.85. The first kappa shape index (κ1) is 16.4. The summed E-state index contributed by atoms with van der Waals surface area (Å²) in [6, 6.07) is 40.9. The highest BCUT2D eigenvalue weighted by molar-refractivity contribution is 6.67. The van der Waals surface area contributed by atoms with Crippen LogP contribution in [0.5, 0.6) is 0 Å². The molecule has 0 amide bonds. The van der Waals surface area contributed by atoms with Gasteiger partial charge in [0.1, 0.15) is 0 Å². The standard InChI is InChI=1S/C24H21NSi/c1-4-11-20(12-5-1)25(21-13-6-2-7-14-21)22-15-10-18-24(19-22)26-23-16-8-3-9-17-23/h1-19H,26H2. The summed E-state index contributed by atoms with van der Waals surface area (Å²) in [5.74, 6) is 0. The number of nitrogens with zero attached hydrogens (tertiary/aromatic N) is 1. The fraction of sp³-hybridized carbons (Fsp3) is 0. The van der Waals surface area contributed by atoms with E-state index in [1.54, 1.807) is 0 Å². The van der Waals surface area contributed by atoms with Gasteiger partial charge in [0.05, 0.1) is 9.52 Å². The maximum atomic E-state index is 2.35. The van der Waals surface area contributed by atoms with Crippen molar-refractivity contribution in [3.63, 3.8) is 0 Å². The van der Waals surface area contributed by atoms with E-state index < -0.39 is 9.52 Å². The molecule has 4 rings (SSSR count). The molecule has 0 heterocycles. The van der Waals surface area contributed by atoms with Crippen LogP contribution in [0.3, 0.4) is 0 Å². The molecule has 0 aliphatic rings. The molecule has 4 aromatic carbocycles. The zero-order valence-corrected chi connectivity index (χ0v) is 16.0. The number of anilines is 3. The topological polar surface area (TPSA) is 3.24 Å². The minimum absolute atomic E-state index is 0.474. The molecule has 0 radical (unpaired) electrons. The van der Waals surface area contributed by atoms with Gasteiger partial charge in [0.25, 0.3) is 0 Å². The molecule has 26 heavy (non-hydrogen) atoms. The first-order valence-electron chi connectivity index (χ1n) is 8.93. The maximum absolute atomic E-state index is 2.35. The van der Waals surface area contributed by atoms with Crippen LogP contribution in [-0.4, -0.2) is 9.52 Å². The van der Waals surface area contributed by atoms with Crippen LogP contribution in [0, 0.1) is 0 Å². The molecule has 4 aromatic rings. The Kier molecular flexibility index (Phi) is 4.94. The Morgan fingerprint density at radius 3 is 1.46 bits per heavy atom. The molecule has 0 spiro atoms. The van der Waals surface area contributed by atoms with Gasteiger partial charge in [0.2, 0.25) is 0 Å². The Bertz CT molecular complexity index is 913. The van der Waals surface area contributed by atoms with Crippen molar-refractivity contribution in [1.82, 2.24) is 0 Å². The molecule has 126 valence electrons. The third-order valence-corrected chi connectivity index (χ3v) is 6.18. The number of para-hydroxylation sites is 2. The third-order valence-electron chi connectivity index (χ3n) is 4.45. The van der Waals surface area contributed by atoms with E-state index in [4.69, 9.17) is 0 Å². The molecule has 2 heteroatoms. The highest BCUT2D eigenvalue weighted by atomic mass is 28.2. The SMILES string of the molecule is c1ccc([SiH2]c2cccc(N(c3ccccc3)c3ccccc3)c2)cc1. The summed E-state index contributed by atoms with van der Waals surface area (Å²) in [6.45, 7) is 0. The Morgan fingerprint density at radius 2 is 0.885 bits per heavy atom. The number of hydrogen-bond acceptors (Lipinski definition) is 1. The van der Waals surface area contributed by atoms with E-state index >= 15 is 0 Å². The second-order valence-corrected chi connectivity index (χ2v) is 8.33. The van der Waals surface area contributed by atoms with Crippen molar-refractivity contribution in [2.24, 2.45) is 0 Å². The van der Waals surface area contributed by atoms with Gasteiger partial charge in [-0.3, -0.25) is 0 Å². The van der Waals surface area contributed by atoms with Crippen LogP contribution in [0.25, 0.3) is 0 Å². The van der Waals surface area contributed by atoms with Crippen molar-refractivity contribution in [2.45, 2.75) is 0 Å². The zero-order valence-electron chi connectivity index (χ0n) is 14.6. The smallest absolute Gasteiger partial charge is 0.0876 e. The fourth-order valence-corrected chi connectivity index (χ4v) is 4.78. The zero-order chi connectivity index (χ0) is 17.6. The minimum atomic E-state index is -0.474. The van der Waals surface area contributed by atoms with Gasteiger partial charge in [0, 0.05) is 17.1 Å². The van der Waals surface area contributed by atoms with Gasteiger partial charge in [-0.25, -0.2) is 0 Å². The number of rotatable bonds is 5. The molecule has 0 N–H and O–H groups in total. The van der Waals surface area contributed by atoms with E-state index in [2.05, 4.69) is 120 Å². The van der Waals surface area contributed by atoms with Crippen LogP contribution < -0.4 is 15.3 Å². The van der Waals surface area contributed by atoms with Crippen LogP contribution in [0.1, 0.15) is 0 Å². The average Bonchev–Trinajstić information content (AvgIpc) is 2.71. The van der Waals surface area contributed by atoms with E-state index in [1.165, 1.54) is 27.4 Å². The third kappa shape index (κ3) is 3.76. The molecule has 0 aliphatic heterocycles. The van der Waals surface area contributed by atoms with E-state index in [1.807, 2.05) is 0 Å². The Labute approximate surface area is 157 Å². The van der Waals surface area contributed by atoms with Gasteiger partial charge in [-0.2, -0.15) is 0 Å². The molecule has 0 unspecified atom stereocenters. The fourth-order valence-electron chi connectivity index (χ4n) is 3.24. The van der Waals surface area contributed by atoms with E-state index in [0.29, 0.717) is 0 Å².